The minimum atomic E-state index is -0.181. The third-order valence-electron chi connectivity index (χ3n) is 3.73. The monoisotopic (exact) mass is 299 g/mol. The van der Waals surface area contributed by atoms with Crippen molar-refractivity contribution >= 4 is 23.3 Å². The number of carbonyl (C=O) groups excluding carboxylic acids is 2. The van der Waals surface area contributed by atoms with E-state index in [9.17, 15) is 9.59 Å². The number of anilines is 2. The zero-order chi connectivity index (χ0) is 15.5. The van der Waals surface area contributed by atoms with Crippen LogP contribution in [0.3, 0.4) is 0 Å². The molecule has 1 aliphatic heterocycles. The van der Waals surface area contributed by atoms with Crippen molar-refractivity contribution in [2.24, 2.45) is 5.92 Å². The number of nitrogens with one attached hydrogen (secondary N) is 2. The minimum Gasteiger partial charge on any atom is -0.360 e. The number of rotatable bonds is 4. The molecule has 1 atom stereocenters. The van der Waals surface area contributed by atoms with Gasteiger partial charge in [0.15, 0.2) is 5.82 Å². The standard InChI is InChI=1S/C16H17N3O3/c1-10-8-14(19-22-10)18-15(20)7-6-12-9-11-4-2-3-5-13(11)17-16(12)21/h2-5,8,12H,6-7,9H2,1H3,(H,17,21)(H,18,19,20)/t12-/m1/s1. The topological polar surface area (TPSA) is 84.2 Å². The van der Waals surface area contributed by atoms with Crippen LogP contribution in [-0.2, 0) is 16.0 Å². The van der Waals surface area contributed by atoms with Gasteiger partial charge in [-0.3, -0.25) is 9.59 Å². The van der Waals surface area contributed by atoms with Gasteiger partial charge in [-0.15, -0.1) is 0 Å². The van der Waals surface area contributed by atoms with Gasteiger partial charge in [-0.2, -0.15) is 0 Å². The Morgan fingerprint density at radius 2 is 2.27 bits per heavy atom. The van der Waals surface area contributed by atoms with Gasteiger partial charge in [0, 0.05) is 24.1 Å². The van der Waals surface area contributed by atoms with Crippen LogP contribution in [0.2, 0.25) is 0 Å². The second kappa shape index (κ2) is 6.01. The number of benzene rings is 1. The van der Waals surface area contributed by atoms with Gasteiger partial charge in [0.1, 0.15) is 5.76 Å². The van der Waals surface area contributed by atoms with Crippen molar-refractivity contribution in [1.29, 1.82) is 0 Å². The molecule has 2 N–H and O–H groups in total. The van der Waals surface area contributed by atoms with Gasteiger partial charge in [-0.05, 0) is 31.4 Å². The first-order chi connectivity index (χ1) is 10.6. The summed E-state index contributed by atoms with van der Waals surface area (Å²) in [5.74, 6) is 0.669. The SMILES string of the molecule is Cc1cc(NC(=O)CC[C@@H]2Cc3ccccc3NC2=O)no1. The smallest absolute Gasteiger partial charge is 0.227 e. The Kier molecular flexibility index (Phi) is 3.91. The zero-order valence-electron chi connectivity index (χ0n) is 12.3. The number of aromatic nitrogens is 1. The number of para-hydroxylation sites is 1. The Labute approximate surface area is 127 Å². The second-order valence-electron chi connectivity index (χ2n) is 5.46. The van der Waals surface area contributed by atoms with E-state index in [4.69, 9.17) is 4.52 Å². The first-order valence-corrected chi connectivity index (χ1v) is 7.24. The van der Waals surface area contributed by atoms with Crippen molar-refractivity contribution in [3.63, 3.8) is 0 Å². The van der Waals surface area contributed by atoms with Crippen LogP contribution in [0.5, 0.6) is 0 Å². The molecule has 0 aliphatic carbocycles. The van der Waals surface area contributed by atoms with Gasteiger partial charge in [-0.1, -0.05) is 23.4 Å². The zero-order valence-corrected chi connectivity index (χ0v) is 12.3. The Bertz CT molecular complexity index is 708. The first kappa shape index (κ1) is 14.3. The molecule has 1 aliphatic rings. The van der Waals surface area contributed by atoms with Crippen LogP contribution in [0.1, 0.15) is 24.2 Å². The fourth-order valence-corrected chi connectivity index (χ4v) is 2.58. The number of nitrogens with zero attached hydrogens (tertiary/aromatic N) is 1. The van der Waals surface area contributed by atoms with E-state index in [0.717, 1.165) is 11.3 Å². The molecule has 2 heterocycles. The van der Waals surface area contributed by atoms with Gasteiger partial charge in [0.05, 0.1) is 0 Å². The van der Waals surface area contributed by atoms with E-state index in [1.165, 1.54) is 0 Å². The van der Waals surface area contributed by atoms with Gasteiger partial charge in [0.2, 0.25) is 11.8 Å². The van der Waals surface area contributed by atoms with Gasteiger partial charge >= 0.3 is 0 Å². The second-order valence-corrected chi connectivity index (χ2v) is 5.46. The quantitative estimate of drug-likeness (QED) is 0.908. The highest BCUT2D eigenvalue weighted by molar-refractivity contribution is 5.96. The summed E-state index contributed by atoms with van der Waals surface area (Å²) in [6, 6.07) is 9.39. The van der Waals surface area contributed by atoms with Crippen molar-refractivity contribution in [1.82, 2.24) is 5.16 Å². The molecule has 0 radical (unpaired) electrons. The Morgan fingerprint density at radius 3 is 3.05 bits per heavy atom. The van der Waals surface area contributed by atoms with Crippen molar-refractivity contribution in [2.75, 3.05) is 10.6 Å². The predicted octanol–water partition coefficient (Wildman–Crippen LogP) is 2.51. The Hall–Kier alpha value is -2.63. The molecule has 6 nitrogen and oxygen atoms in total. The Balaban J connectivity index is 1.55. The third-order valence-corrected chi connectivity index (χ3v) is 3.73. The summed E-state index contributed by atoms with van der Waals surface area (Å²) < 4.78 is 4.89. The molecule has 1 aromatic heterocycles. The summed E-state index contributed by atoms with van der Waals surface area (Å²) in [7, 11) is 0. The number of carbonyl (C=O) groups is 2. The lowest BCUT2D eigenvalue weighted by Gasteiger charge is -2.24. The number of amides is 2. The molecule has 0 saturated heterocycles. The maximum absolute atomic E-state index is 12.1. The molecule has 0 unspecified atom stereocenters. The number of fused-ring (bicyclic) bond motifs is 1. The van der Waals surface area contributed by atoms with Gasteiger partial charge < -0.3 is 15.2 Å². The van der Waals surface area contributed by atoms with Crippen LogP contribution in [0, 0.1) is 12.8 Å². The number of hydrogen-bond donors (Lipinski definition) is 2. The lowest BCUT2D eigenvalue weighted by atomic mass is 9.89. The summed E-state index contributed by atoms with van der Waals surface area (Å²) in [5, 5.41) is 9.26. The van der Waals surface area contributed by atoms with E-state index in [0.29, 0.717) is 24.4 Å². The van der Waals surface area contributed by atoms with Gasteiger partial charge in [0.25, 0.3) is 0 Å². The molecule has 0 spiro atoms. The van der Waals surface area contributed by atoms with E-state index >= 15 is 0 Å². The maximum Gasteiger partial charge on any atom is 0.227 e. The average molecular weight is 299 g/mol. The van der Waals surface area contributed by atoms with Crippen LogP contribution in [0.4, 0.5) is 11.5 Å². The normalized spacial score (nSPS) is 16.8. The summed E-state index contributed by atoms with van der Waals surface area (Å²) in [4.78, 5) is 24.0. The number of aryl methyl sites for hydroxylation is 1. The highest BCUT2D eigenvalue weighted by Crippen LogP contribution is 2.27. The summed E-state index contributed by atoms with van der Waals surface area (Å²) >= 11 is 0. The molecule has 1 aromatic carbocycles. The molecular weight excluding hydrogens is 282 g/mol. The van der Waals surface area contributed by atoms with Crippen LogP contribution in [0.15, 0.2) is 34.9 Å². The maximum atomic E-state index is 12.1. The number of hydrogen-bond acceptors (Lipinski definition) is 4. The largest absolute Gasteiger partial charge is 0.360 e. The van der Waals surface area contributed by atoms with Crippen LogP contribution in [0.25, 0.3) is 0 Å². The van der Waals surface area contributed by atoms with E-state index in [1.54, 1.807) is 13.0 Å². The van der Waals surface area contributed by atoms with Crippen LogP contribution in [-0.4, -0.2) is 17.0 Å². The van der Waals surface area contributed by atoms with E-state index in [1.807, 2.05) is 24.3 Å². The molecule has 0 saturated carbocycles. The van der Waals surface area contributed by atoms with E-state index < -0.39 is 0 Å². The first-order valence-electron chi connectivity index (χ1n) is 7.24. The van der Waals surface area contributed by atoms with Crippen molar-refractivity contribution in [2.45, 2.75) is 26.2 Å². The molecular formula is C16H17N3O3. The fourth-order valence-electron chi connectivity index (χ4n) is 2.58. The molecule has 22 heavy (non-hydrogen) atoms. The third kappa shape index (κ3) is 3.16. The lowest BCUT2D eigenvalue weighted by Crippen LogP contribution is -2.30. The van der Waals surface area contributed by atoms with E-state index in [-0.39, 0.29) is 24.2 Å². The minimum absolute atomic E-state index is 0.0243. The summed E-state index contributed by atoms with van der Waals surface area (Å²) in [6.07, 6.45) is 1.44. The molecule has 0 bridgehead atoms. The van der Waals surface area contributed by atoms with Gasteiger partial charge in [-0.25, -0.2) is 0 Å². The molecule has 2 amide bonds. The van der Waals surface area contributed by atoms with Crippen LogP contribution < -0.4 is 10.6 Å². The van der Waals surface area contributed by atoms with Crippen molar-refractivity contribution in [3.05, 3.63) is 41.7 Å². The lowest BCUT2D eigenvalue weighted by molar-refractivity contribution is -0.121. The van der Waals surface area contributed by atoms with Crippen LogP contribution >= 0.6 is 0 Å². The fraction of sp³-hybridized carbons (Fsp3) is 0.312. The van der Waals surface area contributed by atoms with Crippen molar-refractivity contribution < 1.29 is 14.1 Å². The summed E-state index contributed by atoms with van der Waals surface area (Å²) in [6.45, 7) is 1.76. The van der Waals surface area contributed by atoms with Crippen molar-refractivity contribution in [3.8, 4) is 0 Å². The highest BCUT2D eigenvalue weighted by Gasteiger charge is 2.26. The molecule has 3 rings (SSSR count). The molecule has 114 valence electrons. The highest BCUT2D eigenvalue weighted by atomic mass is 16.5. The Morgan fingerprint density at radius 1 is 1.45 bits per heavy atom. The molecule has 0 fully saturated rings. The molecule has 6 heteroatoms. The predicted molar refractivity (Wildman–Crippen MR) is 81.4 cm³/mol. The van der Waals surface area contributed by atoms with E-state index in [2.05, 4.69) is 15.8 Å². The summed E-state index contributed by atoms with van der Waals surface area (Å²) in [5.41, 5.74) is 1.98. The average Bonchev–Trinajstić information content (AvgIpc) is 2.90. The molecule has 2 aromatic rings.